The van der Waals surface area contributed by atoms with Crippen LogP contribution in [0.2, 0.25) is 0 Å². The van der Waals surface area contributed by atoms with Crippen molar-refractivity contribution in [2.24, 2.45) is 11.7 Å². The van der Waals surface area contributed by atoms with Crippen molar-refractivity contribution in [3.8, 4) is 0 Å². The zero-order valence-corrected chi connectivity index (χ0v) is 10.7. The molecule has 0 aromatic carbocycles. The predicted molar refractivity (Wildman–Crippen MR) is 66.3 cm³/mol. The fourth-order valence-corrected chi connectivity index (χ4v) is 2.25. The van der Waals surface area contributed by atoms with E-state index in [0.717, 1.165) is 25.8 Å². The molecule has 0 aromatic rings. The molecular weight excluding hydrogens is 218 g/mol. The fraction of sp³-hybridized carbons (Fsp3) is 0.833. The predicted octanol–water partition coefficient (Wildman–Crippen LogP) is 0.0984. The third-order valence-electron chi connectivity index (χ3n) is 3.42. The van der Waals surface area contributed by atoms with E-state index in [4.69, 9.17) is 5.73 Å². The van der Waals surface area contributed by atoms with Gasteiger partial charge in [0.25, 0.3) is 0 Å². The molecule has 1 fully saturated rings. The van der Waals surface area contributed by atoms with Crippen LogP contribution < -0.4 is 11.1 Å². The standard InChI is InChI=1S/C12H23N3O2/c1-9-5-6-10(12(13)17)8-15(9)11(16)4-3-7-14-2/h9-10,14H,3-8H2,1-2H3,(H2,13,17)/t9-,10+/m0/s1. The zero-order chi connectivity index (χ0) is 12.8. The van der Waals surface area contributed by atoms with Crippen molar-refractivity contribution < 1.29 is 9.59 Å². The van der Waals surface area contributed by atoms with Gasteiger partial charge in [-0.25, -0.2) is 0 Å². The lowest BCUT2D eigenvalue weighted by Crippen LogP contribution is -2.48. The van der Waals surface area contributed by atoms with Crippen molar-refractivity contribution in [2.45, 2.75) is 38.6 Å². The Morgan fingerprint density at radius 1 is 1.41 bits per heavy atom. The molecule has 2 atom stereocenters. The molecule has 98 valence electrons. The topological polar surface area (TPSA) is 75.4 Å². The number of likely N-dealkylation sites (tertiary alicyclic amines) is 1. The highest BCUT2D eigenvalue weighted by atomic mass is 16.2. The summed E-state index contributed by atoms with van der Waals surface area (Å²) in [6, 6.07) is 0.229. The molecule has 1 rings (SSSR count). The molecule has 1 aliphatic rings. The molecule has 0 aliphatic carbocycles. The van der Waals surface area contributed by atoms with Gasteiger partial charge in [0.1, 0.15) is 0 Å². The Balaban J connectivity index is 2.48. The summed E-state index contributed by atoms with van der Waals surface area (Å²) in [6.07, 6.45) is 3.04. The number of hydrogen-bond acceptors (Lipinski definition) is 3. The number of nitrogens with two attached hydrogens (primary N) is 1. The Labute approximate surface area is 103 Å². The third kappa shape index (κ3) is 4.00. The van der Waals surface area contributed by atoms with E-state index in [1.165, 1.54) is 0 Å². The summed E-state index contributed by atoms with van der Waals surface area (Å²) in [5, 5.41) is 3.02. The van der Waals surface area contributed by atoms with E-state index in [0.29, 0.717) is 13.0 Å². The number of hydrogen-bond donors (Lipinski definition) is 2. The Kier molecular flexibility index (Phi) is 5.41. The minimum Gasteiger partial charge on any atom is -0.369 e. The van der Waals surface area contributed by atoms with Gasteiger partial charge in [-0.3, -0.25) is 9.59 Å². The number of carbonyl (C=O) groups excluding carboxylic acids is 2. The molecular formula is C12H23N3O2. The summed E-state index contributed by atoms with van der Waals surface area (Å²) in [4.78, 5) is 25.0. The smallest absolute Gasteiger partial charge is 0.222 e. The van der Waals surface area contributed by atoms with Crippen LogP contribution in [0.25, 0.3) is 0 Å². The number of primary amides is 1. The number of carbonyl (C=O) groups is 2. The summed E-state index contributed by atoms with van der Waals surface area (Å²) in [5.41, 5.74) is 5.31. The molecule has 0 unspecified atom stereocenters. The number of nitrogens with one attached hydrogen (secondary N) is 1. The van der Waals surface area contributed by atoms with Crippen molar-refractivity contribution in [3.05, 3.63) is 0 Å². The molecule has 0 aromatic heterocycles. The van der Waals surface area contributed by atoms with Crippen LogP contribution >= 0.6 is 0 Å². The maximum absolute atomic E-state index is 12.0. The Hall–Kier alpha value is -1.10. The number of amides is 2. The fourth-order valence-electron chi connectivity index (χ4n) is 2.25. The summed E-state index contributed by atoms with van der Waals surface area (Å²) in [7, 11) is 1.87. The lowest BCUT2D eigenvalue weighted by atomic mass is 9.92. The molecule has 1 aliphatic heterocycles. The minimum atomic E-state index is -0.287. The van der Waals surface area contributed by atoms with Crippen LogP contribution in [0.5, 0.6) is 0 Å². The second-order valence-corrected chi connectivity index (χ2v) is 4.78. The maximum Gasteiger partial charge on any atom is 0.222 e. The summed E-state index contributed by atoms with van der Waals surface area (Å²) >= 11 is 0. The van der Waals surface area contributed by atoms with Gasteiger partial charge in [0, 0.05) is 19.0 Å². The van der Waals surface area contributed by atoms with E-state index in [2.05, 4.69) is 5.32 Å². The third-order valence-corrected chi connectivity index (χ3v) is 3.42. The van der Waals surface area contributed by atoms with Crippen LogP contribution in [-0.4, -0.2) is 42.9 Å². The highest BCUT2D eigenvalue weighted by Gasteiger charge is 2.30. The normalized spacial score (nSPS) is 24.7. The Morgan fingerprint density at radius 2 is 2.12 bits per heavy atom. The van der Waals surface area contributed by atoms with Gasteiger partial charge >= 0.3 is 0 Å². The molecule has 0 spiro atoms. The van der Waals surface area contributed by atoms with E-state index in [1.54, 1.807) is 0 Å². The van der Waals surface area contributed by atoms with E-state index < -0.39 is 0 Å². The van der Waals surface area contributed by atoms with Crippen LogP contribution in [0, 0.1) is 5.92 Å². The second kappa shape index (κ2) is 6.59. The molecule has 3 N–H and O–H groups in total. The van der Waals surface area contributed by atoms with Gasteiger partial charge in [0.15, 0.2) is 0 Å². The van der Waals surface area contributed by atoms with Crippen molar-refractivity contribution in [2.75, 3.05) is 20.1 Å². The number of piperidine rings is 1. The minimum absolute atomic E-state index is 0.138. The quantitative estimate of drug-likeness (QED) is 0.670. The van der Waals surface area contributed by atoms with Crippen molar-refractivity contribution >= 4 is 11.8 Å². The highest BCUT2D eigenvalue weighted by Crippen LogP contribution is 2.22. The molecule has 2 amide bonds. The molecule has 5 heteroatoms. The second-order valence-electron chi connectivity index (χ2n) is 4.78. The molecule has 17 heavy (non-hydrogen) atoms. The van der Waals surface area contributed by atoms with Crippen molar-refractivity contribution in [3.63, 3.8) is 0 Å². The Morgan fingerprint density at radius 3 is 2.71 bits per heavy atom. The molecule has 0 radical (unpaired) electrons. The average Bonchev–Trinajstić information content (AvgIpc) is 2.29. The van der Waals surface area contributed by atoms with Crippen LogP contribution in [0.3, 0.4) is 0 Å². The van der Waals surface area contributed by atoms with Gasteiger partial charge in [-0.05, 0) is 39.8 Å². The largest absolute Gasteiger partial charge is 0.369 e. The molecule has 5 nitrogen and oxygen atoms in total. The van der Waals surface area contributed by atoms with Gasteiger partial charge in [-0.1, -0.05) is 0 Å². The van der Waals surface area contributed by atoms with E-state index >= 15 is 0 Å². The zero-order valence-electron chi connectivity index (χ0n) is 10.7. The molecule has 0 saturated carbocycles. The molecule has 0 bridgehead atoms. The summed E-state index contributed by atoms with van der Waals surface area (Å²) in [6.45, 7) is 3.37. The van der Waals surface area contributed by atoms with Crippen LogP contribution in [0.1, 0.15) is 32.6 Å². The first-order chi connectivity index (χ1) is 8.06. The molecule has 1 saturated heterocycles. The lowest BCUT2D eigenvalue weighted by Gasteiger charge is -2.37. The Bertz CT molecular complexity index is 281. The number of nitrogens with zero attached hydrogens (tertiary/aromatic N) is 1. The first-order valence-electron chi connectivity index (χ1n) is 6.29. The van der Waals surface area contributed by atoms with Crippen molar-refractivity contribution in [1.82, 2.24) is 10.2 Å². The first-order valence-corrected chi connectivity index (χ1v) is 6.29. The van der Waals surface area contributed by atoms with Crippen molar-refractivity contribution in [1.29, 1.82) is 0 Å². The van der Waals surface area contributed by atoms with Gasteiger partial charge in [0.05, 0.1) is 5.92 Å². The average molecular weight is 241 g/mol. The summed E-state index contributed by atoms with van der Waals surface area (Å²) in [5.74, 6) is -0.317. The molecule has 1 heterocycles. The van der Waals surface area contributed by atoms with E-state index in [-0.39, 0.29) is 23.8 Å². The van der Waals surface area contributed by atoms with Gasteiger partial charge in [-0.15, -0.1) is 0 Å². The maximum atomic E-state index is 12.0. The summed E-state index contributed by atoms with van der Waals surface area (Å²) < 4.78 is 0. The SMILES string of the molecule is CNCCCC(=O)N1C[C@H](C(N)=O)CC[C@@H]1C. The highest BCUT2D eigenvalue weighted by molar-refractivity contribution is 5.80. The van der Waals surface area contributed by atoms with Gasteiger partial charge < -0.3 is 16.0 Å². The lowest BCUT2D eigenvalue weighted by molar-refractivity contribution is -0.137. The monoisotopic (exact) mass is 241 g/mol. The van der Waals surface area contributed by atoms with Gasteiger partial charge in [-0.2, -0.15) is 0 Å². The van der Waals surface area contributed by atoms with Crippen LogP contribution in [0.4, 0.5) is 0 Å². The van der Waals surface area contributed by atoms with Crippen LogP contribution in [-0.2, 0) is 9.59 Å². The first kappa shape index (κ1) is 14.0. The van der Waals surface area contributed by atoms with Gasteiger partial charge in [0.2, 0.25) is 11.8 Å². The van der Waals surface area contributed by atoms with E-state index in [1.807, 2.05) is 18.9 Å². The van der Waals surface area contributed by atoms with E-state index in [9.17, 15) is 9.59 Å². The number of rotatable bonds is 5. The van der Waals surface area contributed by atoms with Crippen LogP contribution in [0.15, 0.2) is 0 Å².